The fourth-order valence-electron chi connectivity index (χ4n) is 2.53. The largest absolute Gasteiger partial charge is 0.455 e. The minimum Gasteiger partial charge on any atom is -0.455 e. The molecule has 1 rings (SSSR count). The monoisotopic (exact) mass is 549 g/mol. The quantitative estimate of drug-likeness (QED) is 0.204. The number of esters is 1. The second-order valence-corrected chi connectivity index (χ2v) is 10.1. The van der Waals surface area contributed by atoms with E-state index in [1.54, 1.807) is 0 Å². The molecule has 9 nitrogen and oxygen atoms in total. The summed E-state index contributed by atoms with van der Waals surface area (Å²) >= 11 is 11.0. The van der Waals surface area contributed by atoms with Crippen molar-refractivity contribution in [2.45, 2.75) is 47.7 Å². The number of hydrogen-bond acceptors (Lipinski definition) is 7. The summed E-state index contributed by atoms with van der Waals surface area (Å²) in [5, 5.41) is 4.81. The zero-order valence-corrected chi connectivity index (χ0v) is 21.1. The lowest BCUT2D eigenvalue weighted by atomic mass is 10.0. The topological polar surface area (TPSA) is 145 Å². The first-order valence-corrected chi connectivity index (χ1v) is 12.3. The molecule has 4 N–H and O–H groups in total. The van der Waals surface area contributed by atoms with Crippen molar-refractivity contribution in [3.63, 3.8) is 0 Å². The van der Waals surface area contributed by atoms with Crippen LogP contribution in [0.2, 0.25) is 0 Å². The predicted octanol–water partition coefficient (Wildman–Crippen LogP) is 1.60. The van der Waals surface area contributed by atoms with Gasteiger partial charge < -0.3 is 21.1 Å². The van der Waals surface area contributed by atoms with Crippen LogP contribution in [-0.2, 0) is 29.0 Å². The molecule has 0 heterocycles. The number of carbonyl (C=O) groups is 3. The average molecular weight is 551 g/mol. The molecule has 3 unspecified atom stereocenters. The number of nitrogens with two attached hydrogens (primary N) is 1. The van der Waals surface area contributed by atoms with Crippen molar-refractivity contribution in [3.05, 3.63) is 29.8 Å². The van der Waals surface area contributed by atoms with Crippen molar-refractivity contribution in [1.29, 1.82) is 0 Å². The smallest absolute Gasteiger partial charge is 0.306 e. The van der Waals surface area contributed by atoms with E-state index in [4.69, 9.17) is 33.7 Å². The number of hydrogen-bond donors (Lipinski definition) is 3. The van der Waals surface area contributed by atoms with Gasteiger partial charge in [0.15, 0.2) is 14.7 Å². The van der Waals surface area contributed by atoms with Crippen molar-refractivity contribution in [2.75, 3.05) is 19.5 Å². The molecular formula is C19H27Cl3FN3O6S. The molecule has 2 amide bonds. The van der Waals surface area contributed by atoms with Crippen LogP contribution in [0.3, 0.4) is 0 Å². The predicted molar refractivity (Wildman–Crippen MR) is 125 cm³/mol. The van der Waals surface area contributed by atoms with Gasteiger partial charge in [0.05, 0.1) is 17.0 Å². The van der Waals surface area contributed by atoms with E-state index in [0.717, 1.165) is 6.26 Å². The van der Waals surface area contributed by atoms with Gasteiger partial charge in [-0.1, -0.05) is 35.3 Å². The number of alkyl halides is 3. The Bertz CT molecular complexity index is 901. The lowest BCUT2D eigenvalue weighted by Crippen LogP contribution is -2.44. The fourth-order valence-corrected chi connectivity index (χ4v) is 3.29. The summed E-state index contributed by atoms with van der Waals surface area (Å²) in [6, 6.07) is 3.24. The number of halogens is 4. The highest BCUT2D eigenvalue weighted by molar-refractivity contribution is 7.90. The summed E-state index contributed by atoms with van der Waals surface area (Å²) in [7, 11) is -3.48. The van der Waals surface area contributed by atoms with Gasteiger partial charge >= 0.3 is 5.97 Å². The number of benzene rings is 1. The third-order valence-corrected chi connectivity index (χ3v) is 5.75. The van der Waals surface area contributed by atoms with Crippen molar-refractivity contribution in [1.82, 2.24) is 10.6 Å². The molecule has 0 fully saturated rings. The van der Waals surface area contributed by atoms with Gasteiger partial charge in [-0.05, 0) is 31.0 Å². The number of carbonyl (C=O) groups excluding carboxylic acids is 3. The molecule has 33 heavy (non-hydrogen) atoms. The molecule has 0 aliphatic carbocycles. The molecule has 0 aromatic heterocycles. The molecule has 3 atom stereocenters. The van der Waals surface area contributed by atoms with Gasteiger partial charge in [-0.15, -0.1) is 12.4 Å². The number of nitrogens with one attached hydrogen (secondary N) is 2. The highest BCUT2D eigenvalue weighted by Gasteiger charge is 2.30. The molecule has 0 saturated heterocycles. The standard InChI is InChI=1S/C19H26Cl2FN3O6S.ClH/c1-11(23)18(27)24-9-3-4-15(26)31-16(14(10-22)25-19(28)17(20)21)12-5-7-13(8-6-12)32(2,29)30;/h5-8,11,14,16-17H,3-4,9-10,23H2,1-2H3,(H,24,27)(H,25,28);1H. The van der Waals surface area contributed by atoms with Gasteiger partial charge in [-0.3, -0.25) is 14.4 Å². The lowest BCUT2D eigenvalue weighted by Gasteiger charge is -2.27. The Morgan fingerprint density at radius 3 is 2.18 bits per heavy atom. The maximum atomic E-state index is 13.8. The van der Waals surface area contributed by atoms with E-state index < -0.39 is 51.4 Å². The second-order valence-electron chi connectivity index (χ2n) is 7.00. The number of amides is 2. The molecule has 0 spiro atoms. The first-order valence-electron chi connectivity index (χ1n) is 9.54. The van der Waals surface area contributed by atoms with Crippen molar-refractivity contribution >= 4 is 63.2 Å². The molecule has 0 bridgehead atoms. The van der Waals surface area contributed by atoms with Gasteiger partial charge in [0, 0.05) is 19.2 Å². The Labute approximate surface area is 208 Å². The van der Waals surface area contributed by atoms with E-state index in [-0.39, 0.29) is 48.2 Å². The van der Waals surface area contributed by atoms with Crippen LogP contribution < -0.4 is 16.4 Å². The van der Waals surface area contributed by atoms with Crippen LogP contribution in [0.25, 0.3) is 0 Å². The Balaban J connectivity index is 0.0000102. The van der Waals surface area contributed by atoms with Crippen molar-refractivity contribution < 1.29 is 31.9 Å². The van der Waals surface area contributed by atoms with E-state index in [1.807, 2.05) is 0 Å². The normalized spacial score (nSPS) is 13.9. The van der Waals surface area contributed by atoms with Crippen LogP contribution in [0.4, 0.5) is 4.39 Å². The SMILES string of the molecule is CC(N)C(=O)NCCCC(=O)OC(c1ccc(S(C)(=O)=O)cc1)C(CF)NC(=O)C(Cl)Cl.Cl. The van der Waals surface area contributed by atoms with Crippen molar-refractivity contribution in [2.24, 2.45) is 5.73 Å². The Morgan fingerprint density at radius 2 is 1.73 bits per heavy atom. The van der Waals surface area contributed by atoms with Crippen LogP contribution in [0, 0.1) is 0 Å². The molecule has 1 aromatic carbocycles. The zero-order valence-electron chi connectivity index (χ0n) is 17.9. The summed E-state index contributed by atoms with van der Waals surface area (Å²) in [5.41, 5.74) is 5.67. The minimum atomic E-state index is -3.48. The fraction of sp³-hybridized carbons (Fsp3) is 0.526. The third kappa shape index (κ3) is 10.9. The van der Waals surface area contributed by atoms with Gasteiger partial charge in [0.2, 0.25) is 5.91 Å². The van der Waals surface area contributed by atoms with E-state index in [9.17, 15) is 27.2 Å². The number of sulfone groups is 1. The lowest BCUT2D eigenvalue weighted by molar-refractivity contribution is -0.152. The molecule has 0 saturated carbocycles. The van der Waals surface area contributed by atoms with Crippen LogP contribution in [0.15, 0.2) is 29.2 Å². The maximum Gasteiger partial charge on any atom is 0.306 e. The van der Waals surface area contributed by atoms with Gasteiger partial charge in [-0.2, -0.15) is 0 Å². The Morgan fingerprint density at radius 1 is 1.15 bits per heavy atom. The van der Waals surface area contributed by atoms with Gasteiger partial charge in [0.25, 0.3) is 5.91 Å². The molecule has 188 valence electrons. The van der Waals surface area contributed by atoms with Gasteiger partial charge in [0.1, 0.15) is 12.8 Å². The highest BCUT2D eigenvalue weighted by Crippen LogP contribution is 2.25. The first-order chi connectivity index (χ1) is 14.9. The molecular weight excluding hydrogens is 524 g/mol. The van der Waals surface area contributed by atoms with E-state index in [0.29, 0.717) is 0 Å². The third-order valence-electron chi connectivity index (χ3n) is 4.22. The zero-order chi connectivity index (χ0) is 24.5. The average Bonchev–Trinajstić information content (AvgIpc) is 2.72. The number of rotatable bonds is 12. The first kappa shape index (κ1) is 31.3. The summed E-state index contributed by atoms with van der Waals surface area (Å²) in [4.78, 5) is 34.1. The molecule has 14 heteroatoms. The van der Waals surface area contributed by atoms with Crippen molar-refractivity contribution in [3.8, 4) is 0 Å². The molecule has 0 radical (unpaired) electrons. The molecule has 1 aromatic rings. The Hall–Kier alpha value is -1.66. The summed E-state index contributed by atoms with van der Waals surface area (Å²) < 4.78 is 42.5. The summed E-state index contributed by atoms with van der Waals surface area (Å²) in [5.74, 6) is -1.99. The van der Waals surface area contributed by atoms with E-state index in [1.165, 1.54) is 31.2 Å². The maximum absolute atomic E-state index is 13.8. The van der Waals surface area contributed by atoms with E-state index >= 15 is 0 Å². The van der Waals surface area contributed by atoms with Crippen LogP contribution in [0.5, 0.6) is 0 Å². The van der Waals surface area contributed by atoms with E-state index in [2.05, 4.69) is 10.6 Å². The second kappa shape index (κ2) is 14.6. The van der Waals surface area contributed by atoms with Crippen LogP contribution in [0.1, 0.15) is 31.4 Å². The Kier molecular flexibility index (Phi) is 13.8. The minimum absolute atomic E-state index is 0. The summed E-state index contributed by atoms with van der Waals surface area (Å²) in [6.45, 7) is 0.565. The molecule has 0 aliphatic rings. The summed E-state index contributed by atoms with van der Waals surface area (Å²) in [6.07, 6.45) is -0.141. The highest BCUT2D eigenvalue weighted by atomic mass is 35.5. The number of ether oxygens (including phenoxy) is 1. The van der Waals surface area contributed by atoms with Crippen LogP contribution >= 0.6 is 35.6 Å². The van der Waals surface area contributed by atoms with Gasteiger partial charge in [-0.25, -0.2) is 12.8 Å². The molecule has 0 aliphatic heterocycles. The van der Waals surface area contributed by atoms with Crippen LogP contribution in [-0.4, -0.2) is 62.6 Å².